The monoisotopic (exact) mass is 234 g/mol. The first-order valence-corrected chi connectivity index (χ1v) is 5.13. The van der Waals surface area contributed by atoms with Crippen molar-refractivity contribution in [1.82, 2.24) is 20.3 Å². The maximum Gasteiger partial charge on any atom is 0.269 e. The summed E-state index contributed by atoms with van der Waals surface area (Å²) in [6.07, 6.45) is 4.96. The van der Waals surface area contributed by atoms with E-state index in [9.17, 15) is 9.18 Å². The average Bonchev–Trinajstić information content (AvgIpc) is 2.83. The summed E-state index contributed by atoms with van der Waals surface area (Å²) < 4.78 is 12.6. The highest BCUT2D eigenvalue weighted by molar-refractivity contribution is 5.92. The molecule has 2 heterocycles. The van der Waals surface area contributed by atoms with Crippen molar-refractivity contribution in [2.45, 2.75) is 6.42 Å². The Kier molecular flexibility index (Phi) is 3.44. The van der Waals surface area contributed by atoms with Crippen molar-refractivity contribution in [3.63, 3.8) is 0 Å². The predicted molar refractivity (Wildman–Crippen MR) is 58.8 cm³/mol. The summed E-state index contributed by atoms with van der Waals surface area (Å²) in [7, 11) is 0. The lowest BCUT2D eigenvalue weighted by molar-refractivity contribution is 0.0949. The lowest BCUT2D eigenvalue weighted by Crippen LogP contribution is -2.26. The summed E-state index contributed by atoms with van der Waals surface area (Å²) in [6.45, 7) is 0.472. The maximum absolute atomic E-state index is 12.6. The third-order valence-corrected chi connectivity index (χ3v) is 2.19. The van der Waals surface area contributed by atoms with Crippen molar-refractivity contribution < 1.29 is 9.18 Å². The highest BCUT2D eigenvalue weighted by Gasteiger charge is 2.06. The Morgan fingerprint density at radius 2 is 2.29 bits per heavy atom. The standard InChI is InChI=1S/C11H11FN4O/c12-8-1-2-10(15-5-8)11(17)14-4-3-9-6-13-7-16-9/h1-2,5-7H,3-4H2,(H,13,16)(H,14,17). The van der Waals surface area contributed by atoms with Gasteiger partial charge in [-0.3, -0.25) is 4.79 Å². The number of hydrogen-bond donors (Lipinski definition) is 2. The number of hydrogen-bond acceptors (Lipinski definition) is 3. The molecule has 0 bridgehead atoms. The van der Waals surface area contributed by atoms with E-state index in [-0.39, 0.29) is 11.6 Å². The molecule has 2 N–H and O–H groups in total. The fourth-order valence-electron chi connectivity index (χ4n) is 1.33. The van der Waals surface area contributed by atoms with Crippen LogP contribution in [-0.4, -0.2) is 27.4 Å². The van der Waals surface area contributed by atoms with Crippen LogP contribution in [0.2, 0.25) is 0 Å². The first kappa shape index (κ1) is 11.3. The third kappa shape index (κ3) is 3.10. The van der Waals surface area contributed by atoms with Gasteiger partial charge in [-0.2, -0.15) is 0 Å². The van der Waals surface area contributed by atoms with Crippen molar-refractivity contribution in [3.05, 3.63) is 48.1 Å². The van der Waals surface area contributed by atoms with Gasteiger partial charge in [-0.05, 0) is 12.1 Å². The van der Waals surface area contributed by atoms with Gasteiger partial charge >= 0.3 is 0 Å². The number of aromatic nitrogens is 3. The summed E-state index contributed by atoms with van der Waals surface area (Å²) in [5.41, 5.74) is 1.15. The normalized spacial score (nSPS) is 10.2. The van der Waals surface area contributed by atoms with Crippen LogP contribution in [0.3, 0.4) is 0 Å². The minimum Gasteiger partial charge on any atom is -0.350 e. The Morgan fingerprint density at radius 1 is 1.41 bits per heavy atom. The summed E-state index contributed by atoms with van der Waals surface area (Å²) in [5.74, 6) is -0.775. The van der Waals surface area contributed by atoms with Gasteiger partial charge in [0.2, 0.25) is 0 Å². The fraction of sp³-hybridized carbons (Fsp3) is 0.182. The molecule has 0 saturated carbocycles. The van der Waals surface area contributed by atoms with E-state index >= 15 is 0 Å². The SMILES string of the molecule is O=C(NCCc1cnc[nH]1)c1ccc(F)cn1. The van der Waals surface area contributed by atoms with Crippen LogP contribution in [0.4, 0.5) is 4.39 Å². The lowest BCUT2D eigenvalue weighted by Gasteiger charge is -2.03. The van der Waals surface area contributed by atoms with Crippen molar-refractivity contribution in [3.8, 4) is 0 Å². The second-order valence-electron chi connectivity index (χ2n) is 3.44. The van der Waals surface area contributed by atoms with E-state index in [1.165, 1.54) is 12.1 Å². The Bertz CT molecular complexity index is 481. The predicted octanol–water partition coefficient (Wildman–Crippen LogP) is 0.916. The van der Waals surface area contributed by atoms with Crippen LogP contribution in [0.15, 0.2) is 30.9 Å². The van der Waals surface area contributed by atoms with Gasteiger partial charge in [-0.25, -0.2) is 14.4 Å². The molecule has 1 amide bonds. The van der Waals surface area contributed by atoms with E-state index in [1.54, 1.807) is 12.5 Å². The molecule has 2 rings (SSSR count). The van der Waals surface area contributed by atoms with Gasteiger partial charge < -0.3 is 10.3 Å². The van der Waals surface area contributed by atoms with Crippen molar-refractivity contribution in [1.29, 1.82) is 0 Å². The molecule has 2 aromatic rings. The smallest absolute Gasteiger partial charge is 0.269 e. The van der Waals surface area contributed by atoms with Gasteiger partial charge in [0.05, 0.1) is 12.5 Å². The zero-order valence-electron chi connectivity index (χ0n) is 8.98. The first-order chi connectivity index (χ1) is 8.25. The molecule has 0 aromatic carbocycles. The summed E-state index contributed by atoms with van der Waals surface area (Å²) in [4.78, 5) is 22.0. The van der Waals surface area contributed by atoms with Crippen LogP contribution >= 0.6 is 0 Å². The number of halogens is 1. The molecule has 0 fully saturated rings. The van der Waals surface area contributed by atoms with Gasteiger partial charge in [-0.15, -0.1) is 0 Å². The number of nitrogens with one attached hydrogen (secondary N) is 2. The number of nitrogens with zero attached hydrogens (tertiary/aromatic N) is 2. The molecule has 17 heavy (non-hydrogen) atoms. The van der Waals surface area contributed by atoms with Gasteiger partial charge in [-0.1, -0.05) is 0 Å². The Labute approximate surface area is 97.1 Å². The van der Waals surface area contributed by atoms with Gasteiger partial charge in [0, 0.05) is 24.9 Å². The number of aromatic amines is 1. The molecular weight excluding hydrogens is 223 g/mol. The molecule has 0 atom stereocenters. The second-order valence-corrected chi connectivity index (χ2v) is 3.44. The molecule has 0 aliphatic heterocycles. The first-order valence-electron chi connectivity index (χ1n) is 5.13. The lowest BCUT2D eigenvalue weighted by atomic mass is 10.3. The van der Waals surface area contributed by atoms with E-state index in [2.05, 4.69) is 20.3 Å². The van der Waals surface area contributed by atoms with Crippen LogP contribution in [-0.2, 0) is 6.42 Å². The Balaban J connectivity index is 1.83. The summed E-state index contributed by atoms with van der Waals surface area (Å²) in [6, 6.07) is 2.55. The van der Waals surface area contributed by atoms with Gasteiger partial charge in [0.25, 0.3) is 5.91 Å². The zero-order valence-corrected chi connectivity index (χ0v) is 8.98. The topological polar surface area (TPSA) is 70.7 Å². The molecule has 0 unspecified atom stereocenters. The van der Waals surface area contributed by atoms with Crippen LogP contribution in [0, 0.1) is 5.82 Å². The third-order valence-electron chi connectivity index (χ3n) is 2.19. The zero-order chi connectivity index (χ0) is 12.1. The number of rotatable bonds is 4. The molecule has 0 aliphatic rings. The molecule has 0 saturated heterocycles. The van der Waals surface area contributed by atoms with E-state index in [1.807, 2.05) is 0 Å². The number of carbonyl (C=O) groups is 1. The van der Waals surface area contributed by atoms with Crippen LogP contribution in [0.1, 0.15) is 16.2 Å². The minimum absolute atomic E-state index is 0.205. The summed E-state index contributed by atoms with van der Waals surface area (Å²) >= 11 is 0. The number of carbonyl (C=O) groups excluding carboxylic acids is 1. The second kappa shape index (κ2) is 5.20. The summed E-state index contributed by atoms with van der Waals surface area (Å²) in [5, 5.41) is 2.69. The molecule has 0 radical (unpaired) electrons. The highest BCUT2D eigenvalue weighted by Crippen LogP contribution is 1.98. The Hall–Kier alpha value is -2.24. The molecule has 5 nitrogen and oxygen atoms in total. The quantitative estimate of drug-likeness (QED) is 0.826. The maximum atomic E-state index is 12.6. The Morgan fingerprint density at radius 3 is 2.94 bits per heavy atom. The minimum atomic E-state index is -0.459. The van der Waals surface area contributed by atoms with Crippen LogP contribution in [0.25, 0.3) is 0 Å². The van der Waals surface area contributed by atoms with Crippen molar-refractivity contribution >= 4 is 5.91 Å². The van der Waals surface area contributed by atoms with E-state index in [4.69, 9.17) is 0 Å². The van der Waals surface area contributed by atoms with Crippen molar-refractivity contribution in [2.24, 2.45) is 0 Å². The highest BCUT2D eigenvalue weighted by atomic mass is 19.1. The van der Waals surface area contributed by atoms with E-state index in [0.717, 1.165) is 11.9 Å². The largest absolute Gasteiger partial charge is 0.350 e. The number of H-pyrrole nitrogens is 1. The fourth-order valence-corrected chi connectivity index (χ4v) is 1.33. The van der Waals surface area contributed by atoms with E-state index < -0.39 is 5.82 Å². The van der Waals surface area contributed by atoms with Crippen molar-refractivity contribution in [2.75, 3.05) is 6.54 Å². The molecular formula is C11H11FN4O. The molecule has 0 aliphatic carbocycles. The molecule has 6 heteroatoms. The van der Waals surface area contributed by atoms with Crippen LogP contribution in [0.5, 0.6) is 0 Å². The van der Waals surface area contributed by atoms with E-state index in [0.29, 0.717) is 13.0 Å². The van der Waals surface area contributed by atoms with Gasteiger partial charge in [0.1, 0.15) is 11.5 Å². The molecule has 88 valence electrons. The number of amides is 1. The molecule has 0 spiro atoms. The van der Waals surface area contributed by atoms with Gasteiger partial charge in [0.15, 0.2) is 0 Å². The average molecular weight is 234 g/mol. The number of imidazole rings is 1. The van der Waals surface area contributed by atoms with Crippen LogP contribution < -0.4 is 5.32 Å². The number of pyridine rings is 1. The molecule has 2 aromatic heterocycles.